The van der Waals surface area contributed by atoms with Gasteiger partial charge in [0, 0.05) is 0 Å². The molecule has 0 rings (SSSR count). The van der Waals surface area contributed by atoms with Crippen LogP contribution in [0.1, 0.15) is 41.5 Å². The van der Waals surface area contributed by atoms with Crippen molar-refractivity contribution in [2.24, 2.45) is 0 Å². The molecule has 0 aliphatic rings. The predicted octanol–water partition coefficient (Wildman–Crippen LogP) is -1.31. The van der Waals surface area contributed by atoms with Crippen molar-refractivity contribution in [3.8, 4) is 0 Å². The van der Waals surface area contributed by atoms with Gasteiger partial charge in [0.05, 0.1) is 0 Å². The number of ketones is 3. The third-order valence-corrected chi connectivity index (χ3v) is 1.22. The predicted molar refractivity (Wildman–Crippen MR) is 76.9 cm³/mol. The number of hydrogen-bond acceptors (Lipinski definition) is 6. The van der Waals surface area contributed by atoms with Crippen LogP contribution in [0.5, 0.6) is 0 Å². The average Bonchev–Trinajstić information content (AvgIpc) is 2.10. The van der Waals surface area contributed by atoms with Crippen LogP contribution in [0, 0.1) is 41.7 Å². The molecule has 0 atom stereocenters. The van der Waals surface area contributed by atoms with Crippen LogP contribution in [0.3, 0.4) is 0 Å². The van der Waals surface area contributed by atoms with Crippen LogP contribution < -0.4 is 15.3 Å². The quantitative estimate of drug-likeness (QED) is 0.381. The molecule has 8 heteroatoms. The maximum absolute atomic E-state index is 9.98. The zero-order valence-corrected chi connectivity index (χ0v) is 17.3. The summed E-state index contributed by atoms with van der Waals surface area (Å²) in [7, 11) is 0. The first-order chi connectivity index (χ1) is 9.38. The molecule has 0 aliphatic heterocycles. The third kappa shape index (κ3) is 62.7. The number of rotatable bonds is 3. The van der Waals surface area contributed by atoms with Crippen LogP contribution >= 0.6 is 0 Å². The molecule has 0 aromatic heterocycles. The molecule has 23 heavy (non-hydrogen) atoms. The van der Waals surface area contributed by atoms with E-state index >= 15 is 0 Å². The molecule has 0 aliphatic carbocycles. The van der Waals surface area contributed by atoms with E-state index in [1.165, 1.54) is 41.5 Å². The van der Waals surface area contributed by atoms with E-state index in [1.807, 2.05) is 0 Å². The fourth-order valence-electron chi connectivity index (χ4n) is 0.859. The molecular weight excluding hydrogens is 432 g/mol. The second-order valence-electron chi connectivity index (χ2n) is 4.10. The van der Waals surface area contributed by atoms with E-state index in [-0.39, 0.29) is 81.9 Å². The Bertz CT molecular complexity index is 370. The Kier molecular flexibility index (Phi) is 30.6. The van der Waals surface area contributed by atoms with Crippen molar-refractivity contribution in [2.45, 2.75) is 41.5 Å². The molecule has 0 heterocycles. The fourth-order valence-corrected chi connectivity index (χ4v) is 0.859. The van der Waals surface area contributed by atoms with Gasteiger partial charge in [-0.15, -0.1) is 17.3 Å². The van der Waals surface area contributed by atoms with Crippen molar-refractivity contribution in [2.75, 3.05) is 0 Å². The topological polar surface area (TPSA) is 152 Å². The summed E-state index contributed by atoms with van der Waals surface area (Å²) in [4.78, 5) is 29.9. The maximum atomic E-state index is 9.98. The summed E-state index contributed by atoms with van der Waals surface area (Å²) in [6.07, 6.45) is 3.17. The maximum Gasteiger partial charge on any atom is 3.00 e. The molecule has 0 spiro atoms. The van der Waals surface area contributed by atoms with Gasteiger partial charge in [-0.3, -0.25) is 14.4 Å². The molecule has 0 bridgehead atoms. The van der Waals surface area contributed by atoms with E-state index in [0.29, 0.717) is 0 Å². The molecular formula is C15H23CeO7. The van der Waals surface area contributed by atoms with Gasteiger partial charge in [0.25, 0.3) is 0 Å². The molecule has 0 unspecified atom stereocenters. The van der Waals surface area contributed by atoms with E-state index in [9.17, 15) is 29.7 Å². The van der Waals surface area contributed by atoms with E-state index in [0.717, 1.165) is 18.2 Å². The van der Waals surface area contributed by atoms with Gasteiger partial charge in [-0.05, 0) is 39.0 Å². The van der Waals surface area contributed by atoms with Crippen LogP contribution in [-0.4, -0.2) is 22.8 Å². The zero-order valence-electron chi connectivity index (χ0n) is 14.2. The fraction of sp³-hybridized carbons (Fsp3) is 0.400. The summed E-state index contributed by atoms with van der Waals surface area (Å²) in [6.45, 7) is 8.09. The summed E-state index contributed by atoms with van der Waals surface area (Å²) in [6, 6.07) is 0. The summed E-state index contributed by atoms with van der Waals surface area (Å²) in [5.41, 5.74) is 0. The van der Waals surface area contributed by atoms with E-state index in [4.69, 9.17) is 0 Å². The second-order valence-corrected chi connectivity index (χ2v) is 4.10. The van der Waals surface area contributed by atoms with Gasteiger partial charge in [0.1, 0.15) is 0 Å². The first-order valence-corrected chi connectivity index (χ1v) is 5.96. The molecule has 0 saturated carbocycles. The normalized spacial score (nSPS) is 10.4. The van der Waals surface area contributed by atoms with Gasteiger partial charge in [0.2, 0.25) is 0 Å². The van der Waals surface area contributed by atoms with Crippen molar-refractivity contribution in [3.63, 3.8) is 0 Å². The molecule has 2 N–H and O–H groups in total. The zero-order chi connectivity index (χ0) is 17.6. The summed E-state index contributed by atoms with van der Waals surface area (Å²) in [5, 5.41) is 29.9. The van der Waals surface area contributed by atoms with Crippen molar-refractivity contribution in [1.82, 2.24) is 0 Å². The smallest absolute Gasteiger partial charge is 0.876 e. The van der Waals surface area contributed by atoms with Crippen molar-refractivity contribution >= 4 is 17.3 Å². The minimum absolute atomic E-state index is 0. The van der Waals surface area contributed by atoms with Crippen LogP contribution in [0.2, 0.25) is 0 Å². The Morgan fingerprint density at radius 3 is 0.696 bits per heavy atom. The number of allylic oxidation sites excluding steroid dienone is 6. The van der Waals surface area contributed by atoms with Crippen molar-refractivity contribution in [1.29, 1.82) is 0 Å². The van der Waals surface area contributed by atoms with Gasteiger partial charge in [-0.25, -0.2) is 0 Å². The molecule has 0 saturated heterocycles. The van der Waals surface area contributed by atoms with Crippen LogP contribution in [0.15, 0.2) is 35.5 Å². The molecule has 0 aromatic rings. The molecule has 0 amide bonds. The molecule has 7 nitrogen and oxygen atoms in total. The van der Waals surface area contributed by atoms with Gasteiger partial charge in [0.15, 0.2) is 17.3 Å². The largest absolute Gasteiger partial charge is 3.00 e. The number of hydrogen-bond donors (Lipinski definition) is 0. The van der Waals surface area contributed by atoms with Crippen LogP contribution in [0.4, 0.5) is 0 Å². The SMILES string of the molecule is CC(=O)/C=C(/C)[O-].CC(=O)/C=C(\C)[O-].CC(=O)/C=C(\C)[O-].O.[Ce+3]. The Labute approximate surface area is 170 Å². The van der Waals surface area contributed by atoms with E-state index in [1.54, 1.807) is 0 Å². The minimum Gasteiger partial charge on any atom is -0.876 e. The van der Waals surface area contributed by atoms with Crippen LogP contribution in [-0.2, 0) is 14.4 Å². The Morgan fingerprint density at radius 2 is 0.696 bits per heavy atom. The third-order valence-electron chi connectivity index (χ3n) is 1.22. The van der Waals surface area contributed by atoms with Gasteiger partial charge in [-0.2, -0.15) is 0 Å². The van der Waals surface area contributed by atoms with Crippen molar-refractivity contribution < 1.29 is 76.9 Å². The summed E-state index contributed by atoms with van der Waals surface area (Å²) in [5.74, 6) is -1.12. The summed E-state index contributed by atoms with van der Waals surface area (Å²) < 4.78 is 0. The molecule has 0 fully saturated rings. The number of carbonyl (C=O) groups excluding carboxylic acids is 3. The van der Waals surface area contributed by atoms with Crippen molar-refractivity contribution in [3.05, 3.63) is 35.5 Å². The Hall–Kier alpha value is -1.03. The van der Waals surface area contributed by atoms with Crippen LogP contribution in [0.25, 0.3) is 0 Å². The Balaban J connectivity index is -0.0000000675. The Morgan fingerprint density at radius 1 is 0.565 bits per heavy atom. The standard InChI is InChI=1S/3C5H8O2.Ce.H2O/c3*1-4(6)3-5(2)7;;/h3*3,6H,1-2H3;;1H2/q;;;+3;/p-3/b2*4-3+;4-3-;;. The average molecular weight is 455 g/mol. The van der Waals surface area contributed by atoms with E-state index in [2.05, 4.69) is 0 Å². The van der Waals surface area contributed by atoms with Gasteiger partial charge < -0.3 is 20.8 Å². The minimum atomic E-state index is -0.187. The monoisotopic (exact) mass is 455 g/mol. The summed E-state index contributed by atoms with van der Waals surface area (Å²) >= 11 is 0. The molecule has 1 radical (unpaired) electrons. The first kappa shape index (κ1) is 33.5. The number of carbonyl (C=O) groups is 3. The second kappa shape index (κ2) is 21.0. The first-order valence-electron chi connectivity index (χ1n) is 5.96. The van der Waals surface area contributed by atoms with Gasteiger partial charge >= 0.3 is 41.7 Å². The van der Waals surface area contributed by atoms with E-state index < -0.39 is 0 Å². The molecule has 0 aromatic carbocycles. The molecule has 129 valence electrons. The van der Waals surface area contributed by atoms with Gasteiger partial charge in [-0.1, -0.05) is 20.8 Å².